The predicted molar refractivity (Wildman–Crippen MR) is 81.1 cm³/mol. The van der Waals surface area contributed by atoms with Crippen molar-refractivity contribution in [2.75, 3.05) is 13.6 Å². The van der Waals surface area contributed by atoms with E-state index in [4.69, 9.17) is 17.3 Å². The quantitative estimate of drug-likeness (QED) is 0.911. The minimum Gasteiger partial charge on any atom is -0.329 e. The van der Waals surface area contributed by atoms with E-state index in [1.807, 2.05) is 30.1 Å². The Balaban J connectivity index is 2.20. The highest BCUT2D eigenvalue weighted by Gasteiger charge is 2.19. The van der Waals surface area contributed by atoms with Crippen molar-refractivity contribution >= 4 is 11.6 Å². The van der Waals surface area contributed by atoms with E-state index in [1.54, 1.807) is 6.07 Å². The van der Waals surface area contributed by atoms with Crippen LogP contribution in [-0.4, -0.2) is 18.5 Å². The fourth-order valence-electron chi connectivity index (χ4n) is 2.35. The molecule has 1 unspecified atom stereocenters. The van der Waals surface area contributed by atoms with E-state index in [0.717, 1.165) is 11.6 Å². The molecule has 0 bridgehead atoms. The molecule has 0 saturated heterocycles. The summed E-state index contributed by atoms with van der Waals surface area (Å²) in [6.07, 6.45) is 0. The van der Waals surface area contributed by atoms with Crippen LogP contribution in [-0.2, 0) is 6.54 Å². The molecule has 0 heterocycles. The lowest BCUT2D eigenvalue weighted by Gasteiger charge is -2.27. The smallest absolute Gasteiger partial charge is 0.130 e. The Morgan fingerprint density at radius 3 is 2.57 bits per heavy atom. The van der Waals surface area contributed by atoms with E-state index in [1.165, 1.54) is 12.1 Å². The zero-order valence-corrected chi connectivity index (χ0v) is 12.4. The van der Waals surface area contributed by atoms with Gasteiger partial charge in [0.1, 0.15) is 11.6 Å². The lowest BCUT2D eigenvalue weighted by atomic mass is 10.0. The molecule has 0 spiro atoms. The number of hydrogen-bond acceptors (Lipinski definition) is 2. The summed E-state index contributed by atoms with van der Waals surface area (Å²) >= 11 is 5.96. The third-order valence-corrected chi connectivity index (χ3v) is 3.63. The van der Waals surface area contributed by atoms with Gasteiger partial charge in [0.15, 0.2) is 0 Å². The number of rotatable bonds is 5. The van der Waals surface area contributed by atoms with Crippen LogP contribution in [0.5, 0.6) is 0 Å². The number of hydrogen-bond donors (Lipinski definition) is 1. The molecule has 5 heteroatoms. The molecule has 2 N–H and O–H groups in total. The summed E-state index contributed by atoms with van der Waals surface area (Å²) in [4.78, 5) is 1.92. The lowest BCUT2D eigenvalue weighted by Crippen LogP contribution is -2.31. The van der Waals surface area contributed by atoms with Gasteiger partial charge in [-0.1, -0.05) is 29.8 Å². The Morgan fingerprint density at radius 1 is 1.19 bits per heavy atom. The van der Waals surface area contributed by atoms with Gasteiger partial charge < -0.3 is 5.73 Å². The lowest BCUT2D eigenvalue weighted by molar-refractivity contribution is 0.236. The first-order valence-electron chi connectivity index (χ1n) is 6.61. The van der Waals surface area contributed by atoms with Crippen LogP contribution < -0.4 is 5.73 Å². The molecule has 21 heavy (non-hydrogen) atoms. The summed E-state index contributed by atoms with van der Waals surface area (Å²) in [6.45, 7) is 0.804. The van der Waals surface area contributed by atoms with Crippen molar-refractivity contribution in [1.82, 2.24) is 4.90 Å². The largest absolute Gasteiger partial charge is 0.329 e. The number of halogens is 3. The molecule has 0 amide bonds. The topological polar surface area (TPSA) is 29.3 Å². The van der Waals surface area contributed by atoms with Crippen molar-refractivity contribution in [1.29, 1.82) is 0 Å². The van der Waals surface area contributed by atoms with Gasteiger partial charge in [0.2, 0.25) is 0 Å². The van der Waals surface area contributed by atoms with E-state index in [2.05, 4.69) is 0 Å². The van der Waals surface area contributed by atoms with Gasteiger partial charge in [0.05, 0.1) is 0 Å². The molecule has 0 aliphatic carbocycles. The maximum absolute atomic E-state index is 13.9. The van der Waals surface area contributed by atoms with Gasteiger partial charge in [-0.2, -0.15) is 0 Å². The van der Waals surface area contributed by atoms with Crippen LogP contribution >= 0.6 is 11.6 Å². The molecule has 2 aromatic carbocycles. The highest BCUT2D eigenvalue weighted by Crippen LogP contribution is 2.24. The normalized spacial score (nSPS) is 12.7. The van der Waals surface area contributed by atoms with Crippen LogP contribution in [0.15, 0.2) is 42.5 Å². The first kappa shape index (κ1) is 15.9. The van der Waals surface area contributed by atoms with E-state index in [-0.39, 0.29) is 12.6 Å². The Morgan fingerprint density at radius 2 is 1.95 bits per heavy atom. The van der Waals surface area contributed by atoms with Crippen LogP contribution in [0, 0.1) is 11.6 Å². The fourth-order valence-corrected chi connectivity index (χ4v) is 2.56. The van der Waals surface area contributed by atoms with Crippen LogP contribution in [0.4, 0.5) is 8.78 Å². The third kappa shape index (κ3) is 4.00. The van der Waals surface area contributed by atoms with E-state index < -0.39 is 11.6 Å². The number of nitrogens with two attached hydrogens (primary N) is 1. The number of nitrogens with zero attached hydrogens (tertiary/aromatic N) is 1. The van der Waals surface area contributed by atoms with Crippen molar-refractivity contribution in [2.45, 2.75) is 12.6 Å². The molecular formula is C16H17ClF2N2. The maximum atomic E-state index is 13.9. The van der Waals surface area contributed by atoms with Crippen molar-refractivity contribution in [2.24, 2.45) is 5.73 Å². The minimum atomic E-state index is -0.593. The molecule has 0 aliphatic heterocycles. The summed E-state index contributed by atoms with van der Waals surface area (Å²) in [7, 11) is 1.85. The molecule has 2 nitrogen and oxygen atoms in total. The Hall–Kier alpha value is -1.49. The summed E-state index contributed by atoms with van der Waals surface area (Å²) in [5.74, 6) is -1.17. The Bertz CT molecular complexity index is 619. The third-order valence-electron chi connectivity index (χ3n) is 3.40. The van der Waals surface area contributed by atoms with Crippen LogP contribution in [0.2, 0.25) is 5.02 Å². The Kier molecular flexibility index (Phi) is 5.28. The molecular weight excluding hydrogens is 294 g/mol. The average molecular weight is 311 g/mol. The molecule has 0 aliphatic rings. The second-order valence-electron chi connectivity index (χ2n) is 4.96. The number of benzene rings is 2. The minimum absolute atomic E-state index is 0.236. The van der Waals surface area contributed by atoms with Crippen molar-refractivity contribution in [3.05, 3.63) is 70.2 Å². The monoisotopic (exact) mass is 310 g/mol. The van der Waals surface area contributed by atoms with Crippen molar-refractivity contribution in [3.8, 4) is 0 Å². The highest BCUT2D eigenvalue weighted by molar-refractivity contribution is 6.30. The average Bonchev–Trinajstić information content (AvgIpc) is 2.42. The van der Waals surface area contributed by atoms with Gasteiger partial charge in [-0.3, -0.25) is 4.90 Å². The molecule has 2 rings (SSSR count). The summed E-state index contributed by atoms with van der Waals surface area (Å²) in [6, 6.07) is 10.7. The van der Waals surface area contributed by atoms with Crippen LogP contribution in [0.3, 0.4) is 0 Å². The maximum Gasteiger partial charge on any atom is 0.130 e. The van der Waals surface area contributed by atoms with E-state index in [0.29, 0.717) is 17.1 Å². The van der Waals surface area contributed by atoms with Crippen molar-refractivity contribution < 1.29 is 8.78 Å². The van der Waals surface area contributed by atoms with Gasteiger partial charge in [0, 0.05) is 35.8 Å². The highest BCUT2D eigenvalue weighted by atomic mass is 35.5. The predicted octanol–water partition coefficient (Wildman–Crippen LogP) is 3.75. The second-order valence-corrected chi connectivity index (χ2v) is 5.40. The van der Waals surface area contributed by atoms with Crippen molar-refractivity contribution in [3.63, 3.8) is 0 Å². The molecule has 0 radical (unpaired) electrons. The van der Waals surface area contributed by atoms with Gasteiger partial charge >= 0.3 is 0 Å². The Labute approximate surface area is 128 Å². The molecule has 0 aromatic heterocycles. The molecule has 112 valence electrons. The second kappa shape index (κ2) is 6.98. The number of likely N-dealkylation sites (N-methyl/N-ethyl adjacent to an activating group) is 1. The summed E-state index contributed by atoms with van der Waals surface area (Å²) < 4.78 is 26.9. The van der Waals surface area contributed by atoms with Gasteiger partial charge in [-0.15, -0.1) is 0 Å². The van der Waals surface area contributed by atoms with Crippen LogP contribution in [0.25, 0.3) is 0 Å². The van der Waals surface area contributed by atoms with Gasteiger partial charge in [-0.25, -0.2) is 8.78 Å². The molecule has 1 atom stereocenters. The first-order valence-corrected chi connectivity index (χ1v) is 6.98. The molecule has 0 fully saturated rings. The van der Waals surface area contributed by atoms with Crippen LogP contribution in [0.1, 0.15) is 17.2 Å². The first-order chi connectivity index (χ1) is 10.0. The van der Waals surface area contributed by atoms with Gasteiger partial charge in [-0.05, 0) is 30.8 Å². The molecule has 0 saturated carbocycles. The summed E-state index contributed by atoms with van der Waals surface area (Å²) in [5.41, 5.74) is 7.17. The molecule has 2 aromatic rings. The van der Waals surface area contributed by atoms with E-state index >= 15 is 0 Å². The summed E-state index contributed by atoms with van der Waals surface area (Å²) in [5, 5.41) is 0.651. The van der Waals surface area contributed by atoms with E-state index in [9.17, 15) is 8.78 Å². The SMILES string of the molecule is CN(Cc1cccc(Cl)c1)C(CN)c1ccc(F)cc1F. The van der Waals surface area contributed by atoms with Gasteiger partial charge in [0.25, 0.3) is 0 Å². The zero-order valence-electron chi connectivity index (χ0n) is 11.7. The fraction of sp³-hybridized carbons (Fsp3) is 0.250. The zero-order chi connectivity index (χ0) is 15.4. The standard InChI is InChI=1S/C16H17ClF2N2/c1-21(10-11-3-2-4-12(17)7-11)16(9-20)14-6-5-13(18)8-15(14)19/h2-8,16H,9-10,20H2,1H3.